The van der Waals surface area contributed by atoms with Crippen molar-refractivity contribution in [2.45, 2.75) is 43.7 Å². The van der Waals surface area contributed by atoms with Gasteiger partial charge in [-0.25, -0.2) is 0 Å². The zero-order valence-corrected chi connectivity index (χ0v) is 11.4. The lowest BCUT2D eigenvalue weighted by molar-refractivity contribution is 0.687. The Morgan fingerprint density at radius 2 is 2.06 bits per heavy atom. The van der Waals surface area contributed by atoms with E-state index in [4.69, 9.17) is 0 Å². The Kier molecular flexibility index (Phi) is 4.69. The van der Waals surface area contributed by atoms with Gasteiger partial charge in [0.05, 0.1) is 0 Å². The highest BCUT2D eigenvalue weighted by Crippen LogP contribution is 2.22. The Bertz CT molecular complexity index is 365. The Morgan fingerprint density at radius 1 is 1.35 bits per heavy atom. The number of benzene rings is 1. The highest BCUT2D eigenvalue weighted by Gasteiger charge is 2.19. The van der Waals surface area contributed by atoms with Crippen LogP contribution in [0, 0.1) is 0 Å². The minimum absolute atomic E-state index is 0.791. The third-order valence-electron chi connectivity index (χ3n) is 2.89. The molecule has 0 spiro atoms. The molecule has 1 fully saturated rings. The summed E-state index contributed by atoms with van der Waals surface area (Å²) >= 11 is 1.91. The van der Waals surface area contributed by atoms with Crippen molar-refractivity contribution in [3.8, 4) is 0 Å². The van der Waals surface area contributed by atoms with Gasteiger partial charge >= 0.3 is 0 Å². The van der Waals surface area contributed by atoms with Crippen LogP contribution >= 0.6 is 11.8 Å². The molecule has 0 unspecified atom stereocenters. The van der Waals surface area contributed by atoms with Crippen molar-refractivity contribution in [3.63, 3.8) is 0 Å². The van der Waals surface area contributed by atoms with Gasteiger partial charge in [0, 0.05) is 23.2 Å². The molecule has 0 atom stereocenters. The second-order valence-electron chi connectivity index (χ2n) is 4.85. The van der Waals surface area contributed by atoms with Crippen LogP contribution in [0.25, 0.3) is 0 Å². The maximum Gasteiger partial charge on any atom is 0.0208 e. The smallest absolute Gasteiger partial charge is 0.0208 e. The molecular weight excluding hydrogens is 226 g/mol. The third-order valence-corrected chi connectivity index (χ3v) is 3.91. The predicted molar refractivity (Wildman–Crippen MR) is 76.5 cm³/mol. The monoisotopic (exact) mass is 247 g/mol. The maximum absolute atomic E-state index is 3.93. The lowest BCUT2D eigenvalue weighted by Crippen LogP contribution is -2.14. The molecule has 92 valence electrons. The molecule has 1 aliphatic carbocycles. The van der Waals surface area contributed by atoms with Crippen LogP contribution in [0.1, 0.15) is 31.7 Å². The molecule has 1 aromatic rings. The molecule has 1 nitrogen and oxygen atoms in total. The molecule has 1 aromatic carbocycles. The van der Waals surface area contributed by atoms with Gasteiger partial charge in [-0.2, -0.15) is 0 Å². The van der Waals surface area contributed by atoms with Gasteiger partial charge in [0.1, 0.15) is 0 Å². The Labute approximate surface area is 109 Å². The first-order valence-corrected chi connectivity index (χ1v) is 7.32. The van der Waals surface area contributed by atoms with Crippen molar-refractivity contribution in [1.29, 1.82) is 0 Å². The summed E-state index contributed by atoms with van der Waals surface area (Å²) in [5.41, 5.74) is 2.66. The second kappa shape index (κ2) is 6.27. The van der Waals surface area contributed by atoms with Crippen LogP contribution in [-0.2, 0) is 6.54 Å². The summed E-state index contributed by atoms with van der Waals surface area (Å²) in [6.07, 6.45) is 3.82. The van der Waals surface area contributed by atoms with Crippen LogP contribution < -0.4 is 5.32 Å². The van der Waals surface area contributed by atoms with Crippen LogP contribution in [0.15, 0.2) is 41.3 Å². The SMILES string of the molecule is C=C(C)CCSc1ccc(CNC2CC2)cc1. The standard InChI is InChI=1S/C15H21NS/c1-12(2)9-10-17-15-7-3-13(4-8-15)11-16-14-5-6-14/h3-4,7-8,14,16H,1,5-6,9-11H2,2H3. The fraction of sp³-hybridized carbons (Fsp3) is 0.467. The van der Waals surface area contributed by atoms with Crippen LogP contribution in [0.2, 0.25) is 0 Å². The van der Waals surface area contributed by atoms with Crippen molar-refractivity contribution >= 4 is 11.8 Å². The van der Waals surface area contributed by atoms with E-state index in [9.17, 15) is 0 Å². The van der Waals surface area contributed by atoms with Crippen molar-refractivity contribution in [2.75, 3.05) is 5.75 Å². The third kappa shape index (κ3) is 4.97. The van der Waals surface area contributed by atoms with Gasteiger partial charge in [0.25, 0.3) is 0 Å². The Morgan fingerprint density at radius 3 is 2.65 bits per heavy atom. The first-order valence-electron chi connectivity index (χ1n) is 6.33. The predicted octanol–water partition coefficient (Wildman–Crippen LogP) is 4.00. The van der Waals surface area contributed by atoms with E-state index in [0.717, 1.165) is 24.8 Å². The summed E-state index contributed by atoms with van der Waals surface area (Å²) in [7, 11) is 0. The fourth-order valence-electron chi connectivity index (χ4n) is 1.60. The quantitative estimate of drug-likeness (QED) is 0.577. The average molecular weight is 247 g/mol. The van der Waals surface area contributed by atoms with Gasteiger partial charge in [-0.1, -0.05) is 17.7 Å². The molecule has 1 aliphatic rings. The highest BCUT2D eigenvalue weighted by atomic mass is 32.2. The molecule has 0 heterocycles. The van der Waals surface area contributed by atoms with E-state index in [1.807, 2.05) is 11.8 Å². The van der Waals surface area contributed by atoms with Crippen LogP contribution in [0.3, 0.4) is 0 Å². The maximum atomic E-state index is 3.93. The zero-order chi connectivity index (χ0) is 12.1. The largest absolute Gasteiger partial charge is 0.310 e. The molecule has 0 radical (unpaired) electrons. The number of thioether (sulfide) groups is 1. The molecular formula is C15H21NS. The topological polar surface area (TPSA) is 12.0 Å². The molecule has 0 amide bonds. The average Bonchev–Trinajstić information content (AvgIpc) is 3.11. The number of nitrogens with one attached hydrogen (secondary N) is 1. The van der Waals surface area contributed by atoms with E-state index < -0.39 is 0 Å². The number of rotatable bonds is 7. The van der Waals surface area contributed by atoms with Gasteiger partial charge in [-0.05, 0) is 43.9 Å². The van der Waals surface area contributed by atoms with Crippen molar-refractivity contribution < 1.29 is 0 Å². The molecule has 0 aromatic heterocycles. The zero-order valence-electron chi connectivity index (χ0n) is 10.5. The molecule has 1 N–H and O–H groups in total. The molecule has 17 heavy (non-hydrogen) atoms. The molecule has 0 bridgehead atoms. The molecule has 0 saturated heterocycles. The van der Waals surface area contributed by atoms with Gasteiger partial charge in [0.2, 0.25) is 0 Å². The second-order valence-corrected chi connectivity index (χ2v) is 6.02. The van der Waals surface area contributed by atoms with Gasteiger partial charge in [-0.3, -0.25) is 0 Å². The molecule has 2 rings (SSSR count). The fourth-order valence-corrected chi connectivity index (χ4v) is 2.61. The van der Waals surface area contributed by atoms with E-state index >= 15 is 0 Å². The minimum atomic E-state index is 0.791. The van der Waals surface area contributed by atoms with Crippen molar-refractivity contribution in [1.82, 2.24) is 5.32 Å². The van der Waals surface area contributed by atoms with Crippen molar-refractivity contribution in [3.05, 3.63) is 42.0 Å². The summed E-state index contributed by atoms with van der Waals surface area (Å²) in [4.78, 5) is 1.36. The highest BCUT2D eigenvalue weighted by molar-refractivity contribution is 7.99. The first kappa shape index (κ1) is 12.7. The lowest BCUT2D eigenvalue weighted by atomic mass is 10.2. The number of hydrogen-bond donors (Lipinski definition) is 1. The summed E-state index contributed by atoms with van der Waals surface area (Å²) in [6, 6.07) is 9.72. The van der Waals surface area contributed by atoms with E-state index in [1.165, 1.54) is 28.9 Å². The Balaban J connectivity index is 1.73. The Hall–Kier alpha value is -0.730. The summed E-state index contributed by atoms with van der Waals surface area (Å²) in [6.45, 7) is 7.03. The van der Waals surface area contributed by atoms with E-state index in [-0.39, 0.29) is 0 Å². The summed E-state index contributed by atoms with van der Waals surface area (Å²) in [5, 5.41) is 3.53. The van der Waals surface area contributed by atoms with Crippen molar-refractivity contribution in [2.24, 2.45) is 0 Å². The van der Waals surface area contributed by atoms with E-state index in [0.29, 0.717) is 0 Å². The normalized spacial score (nSPS) is 14.9. The van der Waals surface area contributed by atoms with Crippen LogP contribution in [-0.4, -0.2) is 11.8 Å². The molecule has 0 aliphatic heterocycles. The first-order chi connectivity index (χ1) is 8.24. The minimum Gasteiger partial charge on any atom is -0.310 e. The van der Waals surface area contributed by atoms with E-state index in [2.05, 4.69) is 43.1 Å². The molecule has 2 heteroatoms. The van der Waals surface area contributed by atoms with Crippen LogP contribution in [0.4, 0.5) is 0 Å². The number of allylic oxidation sites excluding steroid dienone is 1. The number of hydrogen-bond acceptors (Lipinski definition) is 2. The lowest BCUT2D eigenvalue weighted by Gasteiger charge is -2.05. The van der Waals surface area contributed by atoms with E-state index in [1.54, 1.807) is 0 Å². The summed E-state index contributed by atoms with van der Waals surface area (Å²) < 4.78 is 0. The molecule has 1 saturated carbocycles. The van der Waals surface area contributed by atoms with Crippen LogP contribution in [0.5, 0.6) is 0 Å². The van der Waals surface area contributed by atoms with Gasteiger partial charge in [-0.15, -0.1) is 18.3 Å². The van der Waals surface area contributed by atoms with Gasteiger partial charge < -0.3 is 5.32 Å². The summed E-state index contributed by atoms with van der Waals surface area (Å²) in [5.74, 6) is 1.13. The van der Waals surface area contributed by atoms with Gasteiger partial charge in [0.15, 0.2) is 0 Å².